The number of carbonyl (C=O) groups excluding carboxylic acids is 3. The van der Waals surface area contributed by atoms with E-state index in [4.69, 9.17) is 4.74 Å². The topological polar surface area (TPSA) is 87.7 Å². The molecule has 2 N–H and O–H groups in total. The molecule has 0 bridgehead atoms. The number of amides is 4. The fourth-order valence-electron chi connectivity index (χ4n) is 3.86. The maximum Gasteiger partial charge on any atom is 0.324 e. The Morgan fingerprint density at radius 1 is 1.26 bits per heavy atom. The van der Waals surface area contributed by atoms with Crippen molar-refractivity contribution in [2.45, 2.75) is 39.2 Å². The number of hydrogen-bond donors (Lipinski definition) is 2. The average Bonchev–Trinajstić information content (AvgIpc) is 2.64. The lowest BCUT2D eigenvalue weighted by molar-refractivity contribution is -0.138. The summed E-state index contributed by atoms with van der Waals surface area (Å²) in [4.78, 5) is 38.8. The van der Waals surface area contributed by atoms with Gasteiger partial charge in [0.05, 0.1) is 19.1 Å². The molecule has 1 saturated heterocycles. The van der Waals surface area contributed by atoms with Gasteiger partial charge in [0, 0.05) is 24.8 Å². The van der Waals surface area contributed by atoms with Crippen LogP contribution in [0.3, 0.4) is 0 Å². The van der Waals surface area contributed by atoms with Gasteiger partial charge in [-0.2, -0.15) is 0 Å². The summed E-state index contributed by atoms with van der Waals surface area (Å²) in [6.07, 6.45) is 1.72. The van der Waals surface area contributed by atoms with Crippen molar-refractivity contribution in [2.24, 2.45) is 11.8 Å². The number of hydrogen-bond acceptors (Lipinski definition) is 4. The third kappa shape index (κ3) is 4.13. The van der Waals surface area contributed by atoms with Crippen LogP contribution in [-0.4, -0.2) is 49.0 Å². The Bertz CT molecular complexity index is 749. The van der Waals surface area contributed by atoms with Gasteiger partial charge in [-0.1, -0.05) is 6.07 Å². The Hall–Kier alpha value is -2.41. The summed E-state index contributed by atoms with van der Waals surface area (Å²) in [6.45, 7) is 4.61. The molecule has 1 aliphatic heterocycles. The number of nitrogens with one attached hydrogen (secondary N) is 2. The van der Waals surface area contributed by atoms with Gasteiger partial charge in [0.2, 0.25) is 11.8 Å². The van der Waals surface area contributed by atoms with Crippen molar-refractivity contribution in [3.05, 3.63) is 29.3 Å². The van der Waals surface area contributed by atoms with Gasteiger partial charge >= 0.3 is 6.03 Å². The summed E-state index contributed by atoms with van der Waals surface area (Å²) in [5.41, 5.74) is 3.08. The first-order valence-electron chi connectivity index (χ1n) is 9.39. The third-order valence-electron chi connectivity index (χ3n) is 5.65. The SMILES string of the molecule is COCCN1C(=O)NC2CC(C(=O)Nc3ccc(C)c(C)c3)CCC2C1=O. The molecule has 1 saturated carbocycles. The van der Waals surface area contributed by atoms with Gasteiger partial charge in [0.25, 0.3) is 0 Å². The molecule has 4 amide bonds. The largest absolute Gasteiger partial charge is 0.383 e. The number of ether oxygens (including phenoxy) is 1. The lowest BCUT2D eigenvalue weighted by Crippen LogP contribution is -2.62. The van der Waals surface area contributed by atoms with Crippen LogP contribution in [-0.2, 0) is 14.3 Å². The second-order valence-electron chi connectivity index (χ2n) is 7.44. The number of nitrogens with zero attached hydrogens (tertiary/aromatic N) is 1. The molecule has 1 aromatic rings. The zero-order chi connectivity index (χ0) is 19.6. The zero-order valence-electron chi connectivity index (χ0n) is 16.1. The van der Waals surface area contributed by atoms with Gasteiger partial charge in [0.1, 0.15) is 0 Å². The van der Waals surface area contributed by atoms with Crippen molar-refractivity contribution in [1.82, 2.24) is 10.2 Å². The first-order chi connectivity index (χ1) is 12.9. The van der Waals surface area contributed by atoms with Crippen LogP contribution in [0.2, 0.25) is 0 Å². The van der Waals surface area contributed by atoms with Crippen LogP contribution in [0, 0.1) is 25.7 Å². The van der Waals surface area contributed by atoms with Crippen LogP contribution in [0.4, 0.5) is 10.5 Å². The fraction of sp³-hybridized carbons (Fsp3) is 0.550. The number of imide groups is 1. The van der Waals surface area contributed by atoms with Gasteiger partial charge < -0.3 is 15.4 Å². The van der Waals surface area contributed by atoms with E-state index in [2.05, 4.69) is 10.6 Å². The Balaban J connectivity index is 1.62. The maximum absolute atomic E-state index is 12.7. The molecular weight excluding hydrogens is 346 g/mol. The second-order valence-corrected chi connectivity index (χ2v) is 7.44. The molecule has 3 unspecified atom stereocenters. The van der Waals surface area contributed by atoms with Crippen LogP contribution in [0.1, 0.15) is 30.4 Å². The molecule has 146 valence electrons. The standard InChI is InChI=1S/C20H27N3O4/c1-12-4-6-15(10-13(12)2)21-18(24)14-5-7-16-17(11-14)22-20(26)23(19(16)25)8-9-27-3/h4,6,10,14,16-17H,5,7-9,11H2,1-3H3,(H,21,24)(H,22,26). The maximum atomic E-state index is 12.7. The average molecular weight is 373 g/mol. The quantitative estimate of drug-likeness (QED) is 0.828. The van der Waals surface area contributed by atoms with Crippen LogP contribution in [0.25, 0.3) is 0 Å². The summed E-state index contributed by atoms with van der Waals surface area (Å²) >= 11 is 0. The Morgan fingerprint density at radius 3 is 2.74 bits per heavy atom. The van der Waals surface area contributed by atoms with Crippen LogP contribution in [0.15, 0.2) is 18.2 Å². The van der Waals surface area contributed by atoms with E-state index in [9.17, 15) is 14.4 Å². The molecule has 27 heavy (non-hydrogen) atoms. The fourth-order valence-corrected chi connectivity index (χ4v) is 3.86. The number of rotatable bonds is 5. The molecule has 3 rings (SSSR count). The van der Waals surface area contributed by atoms with Crippen molar-refractivity contribution in [3.63, 3.8) is 0 Å². The van der Waals surface area contributed by atoms with Crippen molar-refractivity contribution in [1.29, 1.82) is 0 Å². The zero-order valence-corrected chi connectivity index (χ0v) is 16.1. The first-order valence-corrected chi connectivity index (χ1v) is 9.39. The Labute approximate surface area is 159 Å². The third-order valence-corrected chi connectivity index (χ3v) is 5.65. The lowest BCUT2D eigenvalue weighted by Gasteiger charge is -2.41. The summed E-state index contributed by atoms with van der Waals surface area (Å²) in [5, 5.41) is 5.87. The van der Waals surface area contributed by atoms with Crippen molar-refractivity contribution >= 4 is 23.5 Å². The summed E-state index contributed by atoms with van der Waals surface area (Å²) in [5.74, 6) is -0.689. The summed E-state index contributed by atoms with van der Waals surface area (Å²) in [6, 6.07) is 5.15. The molecule has 2 fully saturated rings. The highest BCUT2D eigenvalue weighted by molar-refractivity contribution is 5.99. The monoisotopic (exact) mass is 373 g/mol. The predicted octanol–water partition coefficient (Wildman–Crippen LogP) is 2.23. The molecule has 0 spiro atoms. The molecule has 3 atom stereocenters. The highest BCUT2D eigenvalue weighted by Crippen LogP contribution is 2.33. The minimum absolute atomic E-state index is 0.0554. The normalized spacial score (nSPS) is 25.0. The summed E-state index contributed by atoms with van der Waals surface area (Å²) in [7, 11) is 1.54. The molecule has 1 aromatic carbocycles. The molecule has 1 aliphatic carbocycles. The number of benzene rings is 1. The summed E-state index contributed by atoms with van der Waals surface area (Å²) < 4.78 is 4.97. The van der Waals surface area contributed by atoms with Crippen molar-refractivity contribution in [2.75, 3.05) is 25.6 Å². The number of anilines is 1. The van der Waals surface area contributed by atoms with Crippen LogP contribution in [0.5, 0.6) is 0 Å². The number of carbonyl (C=O) groups is 3. The number of methoxy groups -OCH3 is 1. The van der Waals surface area contributed by atoms with E-state index in [1.165, 1.54) is 17.6 Å². The van der Waals surface area contributed by atoms with Gasteiger partial charge in [-0.05, 0) is 56.4 Å². The molecule has 0 aromatic heterocycles. The Morgan fingerprint density at radius 2 is 2.04 bits per heavy atom. The van der Waals surface area contributed by atoms with Gasteiger partial charge in [-0.25, -0.2) is 4.79 Å². The van der Waals surface area contributed by atoms with Crippen LogP contribution >= 0.6 is 0 Å². The highest BCUT2D eigenvalue weighted by atomic mass is 16.5. The number of urea groups is 1. The van der Waals surface area contributed by atoms with E-state index < -0.39 is 6.03 Å². The van der Waals surface area contributed by atoms with E-state index in [1.807, 2.05) is 32.0 Å². The van der Waals surface area contributed by atoms with Crippen molar-refractivity contribution in [3.8, 4) is 0 Å². The molecule has 7 nitrogen and oxygen atoms in total. The molecule has 0 radical (unpaired) electrons. The van der Waals surface area contributed by atoms with Crippen molar-refractivity contribution < 1.29 is 19.1 Å². The van der Waals surface area contributed by atoms with Crippen LogP contribution < -0.4 is 10.6 Å². The van der Waals surface area contributed by atoms with E-state index in [0.29, 0.717) is 25.9 Å². The van der Waals surface area contributed by atoms with Gasteiger partial charge in [-0.3, -0.25) is 14.5 Å². The number of fused-ring (bicyclic) bond motifs is 1. The van der Waals surface area contributed by atoms with Gasteiger partial charge in [0.15, 0.2) is 0 Å². The predicted molar refractivity (Wildman–Crippen MR) is 101 cm³/mol. The molecule has 7 heteroatoms. The molecule has 2 aliphatic rings. The minimum atomic E-state index is -0.395. The second kappa shape index (κ2) is 8.08. The molecular formula is C20H27N3O4. The van der Waals surface area contributed by atoms with E-state index in [-0.39, 0.29) is 36.2 Å². The van der Waals surface area contributed by atoms with E-state index >= 15 is 0 Å². The van der Waals surface area contributed by atoms with E-state index in [0.717, 1.165) is 11.3 Å². The lowest BCUT2D eigenvalue weighted by atomic mass is 9.76. The minimum Gasteiger partial charge on any atom is -0.383 e. The Kier molecular flexibility index (Phi) is 5.79. The van der Waals surface area contributed by atoms with E-state index in [1.54, 1.807) is 0 Å². The molecule has 1 heterocycles. The highest BCUT2D eigenvalue weighted by Gasteiger charge is 2.45. The first kappa shape index (κ1) is 19.4. The smallest absolute Gasteiger partial charge is 0.324 e. The number of aryl methyl sites for hydroxylation is 2. The van der Waals surface area contributed by atoms with Gasteiger partial charge in [-0.15, -0.1) is 0 Å².